The Labute approximate surface area is 63.3 Å². The van der Waals surface area contributed by atoms with E-state index >= 15 is 0 Å². The van der Waals surface area contributed by atoms with Crippen LogP contribution in [0.15, 0.2) is 12.4 Å². The van der Waals surface area contributed by atoms with E-state index in [1.165, 1.54) is 0 Å². The molecule has 0 saturated heterocycles. The fourth-order valence-electron chi connectivity index (χ4n) is 1.04. The van der Waals surface area contributed by atoms with Crippen molar-refractivity contribution < 1.29 is 4.48 Å². The lowest BCUT2D eigenvalue weighted by Gasteiger charge is -2.40. The van der Waals surface area contributed by atoms with Gasteiger partial charge in [0.2, 0.25) is 0 Å². The second kappa shape index (κ2) is 1.76. The normalized spacial score (nSPS) is 27.5. The van der Waals surface area contributed by atoms with Crippen LogP contribution >= 0.6 is 0 Å². The SMILES string of the molecule is CN1C=C[N+](C)(C)C1(C)C. The second-order valence-corrected chi connectivity index (χ2v) is 3.94. The Bertz CT molecular complexity index is 168. The van der Waals surface area contributed by atoms with E-state index in [0.29, 0.717) is 0 Å². The molecule has 0 unspecified atom stereocenters. The number of rotatable bonds is 0. The average molecular weight is 141 g/mol. The number of nitrogens with zero attached hydrogens (tertiary/aromatic N) is 2. The van der Waals surface area contributed by atoms with Crippen LogP contribution < -0.4 is 0 Å². The molecule has 0 spiro atoms. The first kappa shape index (κ1) is 7.61. The van der Waals surface area contributed by atoms with Crippen LogP contribution in [0.2, 0.25) is 0 Å². The molecule has 0 bridgehead atoms. The van der Waals surface area contributed by atoms with Gasteiger partial charge in [-0.05, 0) is 0 Å². The minimum atomic E-state index is 0.208. The van der Waals surface area contributed by atoms with Crippen molar-refractivity contribution in [1.29, 1.82) is 0 Å². The van der Waals surface area contributed by atoms with Crippen molar-refractivity contribution in [3.8, 4) is 0 Å². The minimum Gasteiger partial charge on any atom is -0.325 e. The standard InChI is InChI=1S/C8H17N2/c1-8(2)9(3)6-7-10(8,4)5/h6-7H,1-5H3/q+1. The maximum absolute atomic E-state index is 2.24. The van der Waals surface area contributed by atoms with Crippen molar-refractivity contribution in [2.45, 2.75) is 19.5 Å². The summed E-state index contributed by atoms with van der Waals surface area (Å²) < 4.78 is 0.934. The summed E-state index contributed by atoms with van der Waals surface area (Å²) in [5, 5.41) is 0. The third kappa shape index (κ3) is 0.754. The first-order chi connectivity index (χ1) is 4.38. The minimum absolute atomic E-state index is 0.208. The second-order valence-electron chi connectivity index (χ2n) is 3.94. The van der Waals surface area contributed by atoms with Gasteiger partial charge in [0.1, 0.15) is 6.20 Å². The average Bonchev–Trinajstić information content (AvgIpc) is 1.94. The largest absolute Gasteiger partial charge is 0.325 e. The quantitative estimate of drug-likeness (QED) is 0.458. The molecule has 0 amide bonds. The third-order valence-corrected chi connectivity index (χ3v) is 2.94. The molecule has 0 aromatic rings. The molecule has 1 aliphatic heterocycles. The molecular weight excluding hydrogens is 124 g/mol. The summed E-state index contributed by atoms with van der Waals surface area (Å²) in [7, 11) is 6.53. The smallest absolute Gasteiger partial charge is 0.172 e. The fraction of sp³-hybridized carbons (Fsp3) is 0.750. The Kier molecular flexibility index (Phi) is 1.34. The maximum Gasteiger partial charge on any atom is 0.172 e. The summed E-state index contributed by atoms with van der Waals surface area (Å²) in [5.41, 5.74) is 0.208. The fourth-order valence-corrected chi connectivity index (χ4v) is 1.04. The Morgan fingerprint density at radius 1 is 1.30 bits per heavy atom. The van der Waals surface area contributed by atoms with Crippen molar-refractivity contribution >= 4 is 0 Å². The van der Waals surface area contributed by atoms with Crippen LogP contribution in [0.25, 0.3) is 0 Å². The summed E-state index contributed by atoms with van der Waals surface area (Å²) in [4.78, 5) is 2.24. The van der Waals surface area contributed by atoms with Crippen LogP contribution in [0.5, 0.6) is 0 Å². The molecule has 0 saturated carbocycles. The van der Waals surface area contributed by atoms with Gasteiger partial charge < -0.3 is 4.90 Å². The predicted octanol–water partition coefficient (Wildman–Crippen LogP) is 1.22. The van der Waals surface area contributed by atoms with Gasteiger partial charge in [-0.1, -0.05) is 0 Å². The molecule has 0 radical (unpaired) electrons. The zero-order valence-corrected chi connectivity index (χ0v) is 7.55. The summed E-state index contributed by atoms with van der Waals surface area (Å²) >= 11 is 0. The van der Waals surface area contributed by atoms with E-state index in [1.54, 1.807) is 0 Å². The summed E-state index contributed by atoms with van der Waals surface area (Å²) in [6, 6.07) is 0. The van der Waals surface area contributed by atoms with Gasteiger partial charge in [-0.25, -0.2) is 0 Å². The van der Waals surface area contributed by atoms with E-state index in [-0.39, 0.29) is 5.66 Å². The highest BCUT2D eigenvalue weighted by atomic mass is 15.5. The molecule has 1 rings (SSSR count). The summed E-state index contributed by atoms with van der Waals surface area (Å²) in [6.45, 7) is 4.49. The maximum atomic E-state index is 2.24. The van der Waals surface area contributed by atoms with Crippen LogP contribution in [0.3, 0.4) is 0 Å². The zero-order valence-electron chi connectivity index (χ0n) is 7.55. The Hall–Kier alpha value is -0.500. The van der Waals surface area contributed by atoms with Crippen LogP contribution in [0.4, 0.5) is 0 Å². The highest BCUT2D eigenvalue weighted by Gasteiger charge is 2.42. The molecule has 1 heterocycles. The monoisotopic (exact) mass is 141 g/mol. The van der Waals surface area contributed by atoms with Gasteiger partial charge >= 0.3 is 0 Å². The van der Waals surface area contributed by atoms with Crippen molar-refractivity contribution in [1.82, 2.24) is 4.90 Å². The first-order valence-electron chi connectivity index (χ1n) is 3.64. The van der Waals surface area contributed by atoms with E-state index in [4.69, 9.17) is 0 Å². The third-order valence-electron chi connectivity index (χ3n) is 2.94. The van der Waals surface area contributed by atoms with Gasteiger partial charge in [0, 0.05) is 20.9 Å². The van der Waals surface area contributed by atoms with Gasteiger partial charge in [0.25, 0.3) is 0 Å². The Morgan fingerprint density at radius 3 is 1.90 bits per heavy atom. The van der Waals surface area contributed by atoms with Crippen molar-refractivity contribution in [3.63, 3.8) is 0 Å². The van der Waals surface area contributed by atoms with E-state index in [9.17, 15) is 0 Å². The number of quaternary nitrogens is 1. The Balaban J connectivity index is 2.94. The molecule has 0 fully saturated rings. The van der Waals surface area contributed by atoms with E-state index < -0.39 is 0 Å². The highest BCUT2D eigenvalue weighted by Crippen LogP contribution is 2.29. The van der Waals surface area contributed by atoms with E-state index in [1.807, 2.05) is 0 Å². The van der Waals surface area contributed by atoms with E-state index in [0.717, 1.165) is 4.48 Å². The van der Waals surface area contributed by atoms with Gasteiger partial charge in [-0.15, -0.1) is 0 Å². The van der Waals surface area contributed by atoms with Crippen LogP contribution in [0, 0.1) is 0 Å². The Morgan fingerprint density at radius 2 is 1.80 bits per heavy atom. The van der Waals surface area contributed by atoms with Gasteiger partial charge in [0.05, 0.1) is 20.3 Å². The van der Waals surface area contributed by atoms with Crippen molar-refractivity contribution in [2.75, 3.05) is 21.1 Å². The van der Waals surface area contributed by atoms with E-state index in [2.05, 4.69) is 52.3 Å². The van der Waals surface area contributed by atoms with Crippen LogP contribution in [-0.4, -0.2) is 36.2 Å². The van der Waals surface area contributed by atoms with Crippen LogP contribution in [-0.2, 0) is 0 Å². The molecule has 2 nitrogen and oxygen atoms in total. The van der Waals surface area contributed by atoms with Crippen molar-refractivity contribution in [3.05, 3.63) is 12.4 Å². The molecule has 0 N–H and O–H groups in total. The molecule has 0 atom stereocenters. The topological polar surface area (TPSA) is 3.24 Å². The molecule has 0 aliphatic carbocycles. The lowest BCUT2D eigenvalue weighted by molar-refractivity contribution is -0.894. The summed E-state index contributed by atoms with van der Waals surface area (Å²) in [5.74, 6) is 0. The van der Waals surface area contributed by atoms with Gasteiger partial charge in [-0.3, -0.25) is 4.48 Å². The lowest BCUT2D eigenvalue weighted by Crippen LogP contribution is -2.55. The number of hydrogen-bond donors (Lipinski definition) is 0. The molecule has 1 aliphatic rings. The lowest BCUT2D eigenvalue weighted by atomic mass is 10.2. The molecule has 0 aromatic heterocycles. The molecule has 0 aromatic carbocycles. The summed E-state index contributed by atoms with van der Waals surface area (Å²) in [6.07, 6.45) is 4.35. The molecule has 2 heteroatoms. The van der Waals surface area contributed by atoms with Crippen LogP contribution in [0.1, 0.15) is 13.8 Å². The zero-order chi connectivity index (χ0) is 7.99. The molecule has 58 valence electrons. The van der Waals surface area contributed by atoms with Gasteiger partial charge in [-0.2, -0.15) is 0 Å². The predicted molar refractivity (Wildman–Crippen MR) is 43.1 cm³/mol. The number of hydrogen-bond acceptors (Lipinski definition) is 1. The molecule has 10 heavy (non-hydrogen) atoms. The van der Waals surface area contributed by atoms with Gasteiger partial charge in [0.15, 0.2) is 5.66 Å². The van der Waals surface area contributed by atoms with Crippen molar-refractivity contribution in [2.24, 2.45) is 0 Å². The highest BCUT2D eigenvalue weighted by molar-refractivity contribution is 4.89. The first-order valence-corrected chi connectivity index (χ1v) is 3.64. The molecular formula is C8H17N2+.